The molecule has 5 aromatic rings. The van der Waals surface area contributed by atoms with E-state index in [1.54, 1.807) is 0 Å². The van der Waals surface area contributed by atoms with E-state index in [9.17, 15) is 0 Å². The van der Waals surface area contributed by atoms with Crippen molar-refractivity contribution in [3.8, 4) is 22.6 Å². The van der Waals surface area contributed by atoms with E-state index in [0.717, 1.165) is 88.8 Å². The largest absolute Gasteiger partial charge is 0.338 e. The highest BCUT2D eigenvalue weighted by Crippen LogP contribution is 2.33. The van der Waals surface area contributed by atoms with Crippen molar-refractivity contribution < 1.29 is 4.68 Å². The first-order valence-electron chi connectivity index (χ1n) is 14.9. The van der Waals surface area contributed by atoms with E-state index < -0.39 is 0 Å². The monoisotopic (exact) mass is 586 g/mol. The van der Waals surface area contributed by atoms with E-state index in [1.807, 2.05) is 27.7 Å². The van der Waals surface area contributed by atoms with Crippen molar-refractivity contribution in [3.63, 3.8) is 0 Å². The Morgan fingerprint density at radius 1 is 0.909 bits per heavy atom. The first-order chi connectivity index (χ1) is 21.4. The number of rotatable bonds is 10. The van der Waals surface area contributed by atoms with E-state index in [4.69, 9.17) is 9.98 Å². The molecule has 4 heterocycles. The van der Waals surface area contributed by atoms with E-state index >= 15 is 0 Å². The van der Waals surface area contributed by atoms with Crippen LogP contribution in [0.25, 0.3) is 33.7 Å². The minimum Gasteiger partial charge on any atom is -0.338 e. The molecule has 0 bridgehead atoms. The van der Waals surface area contributed by atoms with Crippen LogP contribution >= 0.6 is 0 Å². The lowest BCUT2D eigenvalue weighted by Gasteiger charge is -2.07. The smallest absolute Gasteiger partial charge is 0.247 e. The summed E-state index contributed by atoms with van der Waals surface area (Å²) in [4.78, 5) is 17.6. The summed E-state index contributed by atoms with van der Waals surface area (Å²) in [6, 6.07) is 21.0. The van der Waals surface area contributed by atoms with Gasteiger partial charge in [0.1, 0.15) is 29.5 Å². The summed E-state index contributed by atoms with van der Waals surface area (Å²) in [5, 5.41) is 17.5. The predicted octanol–water partition coefficient (Wildman–Crippen LogP) is 4.79. The summed E-state index contributed by atoms with van der Waals surface area (Å²) in [5.41, 5.74) is 10.4. The Morgan fingerprint density at radius 2 is 1.70 bits per heavy atom. The van der Waals surface area contributed by atoms with Crippen LogP contribution in [0.2, 0.25) is 0 Å². The molecule has 222 valence electrons. The van der Waals surface area contributed by atoms with Crippen molar-refractivity contribution in [2.24, 2.45) is 15.3 Å². The molecule has 2 aliphatic rings. The molecule has 0 radical (unpaired) electrons. The number of hydrogen-bond acceptors (Lipinski definition) is 8. The fourth-order valence-electron chi connectivity index (χ4n) is 5.46. The number of nitrogens with zero attached hydrogens (tertiary/aromatic N) is 10. The van der Waals surface area contributed by atoms with E-state index in [1.165, 1.54) is 5.56 Å². The van der Waals surface area contributed by atoms with E-state index in [0.29, 0.717) is 0 Å². The molecular formula is C33H36N11+. The van der Waals surface area contributed by atoms with Crippen molar-refractivity contribution in [3.05, 3.63) is 83.6 Å². The highest BCUT2D eigenvalue weighted by Gasteiger charge is 2.26. The van der Waals surface area contributed by atoms with Gasteiger partial charge in [0, 0.05) is 41.3 Å². The molecular weight excluding hydrogens is 550 g/mol. The summed E-state index contributed by atoms with van der Waals surface area (Å²) >= 11 is 0. The van der Waals surface area contributed by atoms with Gasteiger partial charge in [-0.15, -0.1) is 9.78 Å². The lowest BCUT2D eigenvalue weighted by molar-refractivity contribution is -0.531. The fraction of sp³-hybridized carbons (Fsp3) is 0.303. The van der Waals surface area contributed by atoms with Crippen LogP contribution in [0.1, 0.15) is 22.7 Å². The van der Waals surface area contributed by atoms with Gasteiger partial charge in [0.05, 0.1) is 35.2 Å². The Bertz CT molecular complexity index is 1910. The molecule has 0 saturated heterocycles. The van der Waals surface area contributed by atoms with Gasteiger partial charge in [-0.2, -0.15) is 0 Å². The number of fused-ring (bicyclic) bond motifs is 2. The number of aromatic nitrogens is 5. The van der Waals surface area contributed by atoms with Crippen LogP contribution in [-0.2, 0) is 13.0 Å². The van der Waals surface area contributed by atoms with Gasteiger partial charge in [0.25, 0.3) is 0 Å². The van der Waals surface area contributed by atoms with Crippen LogP contribution in [0, 0.1) is 0 Å². The number of aliphatic imine (C=N–C) groups is 1. The highest BCUT2D eigenvalue weighted by molar-refractivity contribution is 6.06. The highest BCUT2D eigenvalue weighted by atomic mass is 15.5. The van der Waals surface area contributed by atoms with Gasteiger partial charge in [-0.05, 0) is 63.6 Å². The van der Waals surface area contributed by atoms with Gasteiger partial charge < -0.3 is 14.8 Å². The Kier molecular flexibility index (Phi) is 7.41. The van der Waals surface area contributed by atoms with Crippen LogP contribution in [0.15, 0.2) is 82.2 Å². The summed E-state index contributed by atoms with van der Waals surface area (Å²) in [6.07, 6.45) is 4.88. The maximum atomic E-state index is 4.95. The average Bonchev–Trinajstić information content (AvgIpc) is 3.84. The summed E-state index contributed by atoms with van der Waals surface area (Å²) in [5.74, 6) is 0.834. The molecule has 0 spiro atoms. The molecule has 44 heavy (non-hydrogen) atoms. The van der Waals surface area contributed by atoms with Gasteiger partial charge in [-0.1, -0.05) is 41.6 Å². The zero-order chi connectivity index (χ0) is 30.2. The number of H-pyrrole nitrogens is 1. The van der Waals surface area contributed by atoms with Crippen molar-refractivity contribution in [2.75, 3.05) is 47.8 Å². The van der Waals surface area contributed by atoms with Crippen molar-refractivity contribution >= 4 is 28.6 Å². The Balaban J connectivity index is 1.03. The number of aromatic amines is 1. The third-order valence-corrected chi connectivity index (χ3v) is 8.02. The minimum absolute atomic E-state index is 0.0484. The van der Waals surface area contributed by atoms with E-state index in [2.05, 4.69) is 118 Å². The molecule has 2 aliphatic heterocycles. The zero-order valence-corrected chi connectivity index (χ0v) is 25.5. The van der Waals surface area contributed by atoms with Crippen LogP contribution in [0.3, 0.4) is 0 Å². The zero-order valence-electron chi connectivity index (χ0n) is 25.5. The molecule has 0 amide bonds. The second kappa shape index (κ2) is 11.7. The molecule has 0 fully saturated rings. The van der Waals surface area contributed by atoms with Gasteiger partial charge in [-0.3, -0.25) is 9.67 Å². The third-order valence-electron chi connectivity index (χ3n) is 8.02. The topological polar surface area (TPSA) is 106 Å². The third kappa shape index (κ3) is 5.84. The maximum absolute atomic E-state index is 4.95. The van der Waals surface area contributed by atoms with Crippen molar-refractivity contribution in [1.29, 1.82) is 0 Å². The first kappa shape index (κ1) is 27.9. The molecule has 1 atom stereocenters. The first-order valence-corrected chi connectivity index (χ1v) is 14.9. The number of benzene rings is 3. The maximum Gasteiger partial charge on any atom is 0.247 e. The molecule has 11 heteroatoms. The predicted molar refractivity (Wildman–Crippen MR) is 173 cm³/mol. The quantitative estimate of drug-likeness (QED) is 0.237. The lowest BCUT2D eigenvalue weighted by atomic mass is 9.99. The molecule has 11 nitrogen and oxygen atoms in total. The average molecular weight is 587 g/mol. The summed E-state index contributed by atoms with van der Waals surface area (Å²) in [6.45, 7) is 3.48. The second-order valence-electron chi connectivity index (χ2n) is 12.0. The lowest BCUT2D eigenvalue weighted by Crippen LogP contribution is -2.22. The molecule has 7 rings (SSSR count). The molecule has 2 aromatic heterocycles. The van der Waals surface area contributed by atoms with Crippen LogP contribution in [-0.4, -0.2) is 99.2 Å². The molecule has 0 saturated carbocycles. The minimum atomic E-state index is -0.0484. The number of imidazole rings is 1. The van der Waals surface area contributed by atoms with Crippen LogP contribution < -0.4 is 0 Å². The SMILES string of the molecule is CN(C)CCn1cc(-c2ccc3nc(-c4ccc(C5=Nc6ccc(C7C=[N+](CCN(C)C)N=N7)cc6C5)cc4)[nH]c3c2)nn1. The van der Waals surface area contributed by atoms with Gasteiger partial charge in [-0.25, -0.2) is 4.98 Å². The van der Waals surface area contributed by atoms with Gasteiger partial charge in [0.2, 0.25) is 6.04 Å². The number of likely N-dealkylation sites (N-methyl/N-ethyl adjacent to an activating group) is 2. The summed E-state index contributed by atoms with van der Waals surface area (Å²) < 4.78 is 3.81. The van der Waals surface area contributed by atoms with Gasteiger partial charge in [0.15, 0.2) is 0 Å². The molecule has 3 aromatic carbocycles. The Hall–Kier alpha value is -4.87. The second-order valence-corrected chi connectivity index (χ2v) is 12.0. The number of nitrogens with one attached hydrogen (secondary N) is 1. The van der Waals surface area contributed by atoms with Crippen LogP contribution in [0.4, 0.5) is 5.69 Å². The fourth-order valence-corrected chi connectivity index (χ4v) is 5.46. The molecule has 1 unspecified atom stereocenters. The van der Waals surface area contributed by atoms with Crippen molar-refractivity contribution in [1.82, 2.24) is 34.8 Å². The Morgan fingerprint density at radius 3 is 2.52 bits per heavy atom. The molecule has 0 aliphatic carbocycles. The normalized spacial score (nSPS) is 15.9. The number of hydrogen-bond donors (Lipinski definition) is 1. The van der Waals surface area contributed by atoms with Gasteiger partial charge >= 0.3 is 0 Å². The van der Waals surface area contributed by atoms with Crippen LogP contribution in [0.5, 0.6) is 0 Å². The van der Waals surface area contributed by atoms with Crippen molar-refractivity contribution in [2.45, 2.75) is 19.0 Å². The summed E-state index contributed by atoms with van der Waals surface area (Å²) in [7, 11) is 8.23. The standard InChI is InChI=1S/C33H36N11/c1-41(2)13-15-43-20-31(37-39-43)24-9-11-27-26(17-24)19-29(34-27)22-5-7-23(8-6-22)33-35-28-12-10-25(18-30(28)36-33)32-21-44(40-38-32)16-14-42(3)4/h5-12,17-18,20-21,31H,13-16,19H2,1-4H3,(H,35,36)/q+1. The Labute approximate surface area is 256 Å². The van der Waals surface area contributed by atoms with E-state index in [-0.39, 0.29) is 6.04 Å². The molecule has 1 N–H and O–H groups in total.